The Kier molecular flexibility index (Phi) is 4.84. The van der Waals surface area contributed by atoms with Crippen LogP contribution in [-0.4, -0.2) is 15.0 Å². The van der Waals surface area contributed by atoms with Crippen LogP contribution in [0.3, 0.4) is 0 Å². The molecule has 0 radical (unpaired) electrons. The molecule has 0 aliphatic heterocycles. The molecule has 0 spiro atoms. The van der Waals surface area contributed by atoms with Gasteiger partial charge >= 0.3 is 0 Å². The van der Waals surface area contributed by atoms with E-state index in [9.17, 15) is 4.39 Å². The number of halogens is 1. The van der Waals surface area contributed by atoms with Crippen LogP contribution >= 0.6 is 11.8 Å². The Morgan fingerprint density at radius 3 is 2.63 bits per heavy atom. The van der Waals surface area contributed by atoms with E-state index in [1.807, 2.05) is 30.3 Å². The van der Waals surface area contributed by atoms with Crippen LogP contribution in [0.25, 0.3) is 10.9 Å². The Labute approximate surface area is 159 Å². The molecule has 0 atom stereocenters. The molecule has 0 saturated heterocycles. The lowest BCUT2D eigenvalue weighted by Gasteiger charge is -2.11. The van der Waals surface area contributed by atoms with E-state index >= 15 is 0 Å². The van der Waals surface area contributed by atoms with Gasteiger partial charge in [0.15, 0.2) is 5.82 Å². The number of aromatic nitrogens is 3. The van der Waals surface area contributed by atoms with Crippen molar-refractivity contribution in [3.8, 4) is 0 Å². The van der Waals surface area contributed by atoms with Crippen molar-refractivity contribution in [2.24, 2.45) is 0 Å². The number of benzene rings is 2. The highest BCUT2D eigenvalue weighted by molar-refractivity contribution is 7.99. The summed E-state index contributed by atoms with van der Waals surface area (Å²) < 4.78 is 13.0. The second-order valence-corrected chi connectivity index (χ2v) is 6.89. The minimum absolute atomic E-state index is 0.261. The fourth-order valence-electron chi connectivity index (χ4n) is 2.65. The lowest BCUT2D eigenvalue weighted by atomic mass is 10.2. The average molecular weight is 377 g/mol. The van der Waals surface area contributed by atoms with Crippen molar-refractivity contribution in [3.63, 3.8) is 0 Å². The molecular weight excluding hydrogens is 361 g/mol. The van der Waals surface area contributed by atoms with Crippen molar-refractivity contribution in [1.82, 2.24) is 15.0 Å². The van der Waals surface area contributed by atoms with Crippen molar-refractivity contribution in [3.05, 3.63) is 78.5 Å². The first kappa shape index (κ1) is 17.2. The molecule has 3 N–H and O–H groups in total. The molecule has 2 aromatic carbocycles. The van der Waals surface area contributed by atoms with E-state index in [-0.39, 0.29) is 5.82 Å². The summed E-state index contributed by atoms with van der Waals surface area (Å²) in [5, 5.41) is 4.90. The maximum absolute atomic E-state index is 13.0. The first-order valence-corrected chi connectivity index (χ1v) is 9.13. The van der Waals surface area contributed by atoms with Gasteiger partial charge in [-0.15, -0.1) is 0 Å². The van der Waals surface area contributed by atoms with E-state index < -0.39 is 0 Å². The molecule has 0 fully saturated rings. The third-order valence-corrected chi connectivity index (χ3v) is 5.09. The van der Waals surface area contributed by atoms with Crippen molar-refractivity contribution < 1.29 is 4.39 Å². The molecule has 0 amide bonds. The Balaban J connectivity index is 1.57. The SMILES string of the molecule is Nc1c(NCc2ccc(F)cc2)ncnc1Sc1cccc2cccnc12. The second kappa shape index (κ2) is 7.59. The average Bonchev–Trinajstić information content (AvgIpc) is 2.70. The second-order valence-electron chi connectivity index (χ2n) is 5.85. The lowest BCUT2D eigenvalue weighted by Crippen LogP contribution is -2.06. The highest BCUT2D eigenvalue weighted by Crippen LogP contribution is 2.36. The standard InChI is InChI=1S/C20H16FN5S/c21-15-8-6-13(7-9-15)11-24-19-17(22)20(26-12-25-19)27-16-5-1-3-14-4-2-10-23-18(14)16/h1-10,12H,11,22H2,(H,24,25,26). The Bertz CT molecular complexity index is 1080. The molecule has 2 heterocycles. The van der Waals surface area contributed by atoms with Gasteiger partial charge in [0.1, 0.15) is 22.9 Å². The van der Waals surface area contributed by atoms with Crippen molar-refractivity contribution >= 4 is 34.2 Å². The maximum atomic E-state index is 13.0. The van der Waals surface area contributed by atoms with Gasteiger partial charge in [0.2, 0.25) is 0 Å². The number of anilines is 2. The fraction of sp³-hybridized carbons (Fsp3) is 0.0500. The maximum Gasteiger partial charge on any atom is 0.154 e. The Hall–Kier alpha value is -3.19. The van der Waals surface area contributed by atoms with Crippen LogP contribution in [-0.2, 0) is 6.54 Å². The molecule has 0 saturated carbocycles. The van der Waals surface area contributed by atoms with E-state index in [4.69, 9.17) is 5.73 Å². The van der Waals surface area contributed by atoms with Gasteiger partial charge in [-0.1, -0.05) is 42.1 Å². The van der Waals surface area contributed by atoms with E-state index in [1.54, 1.807) is 18.3 Å². The van der Waals surface area contributed by atoms with Gasteiger partial charge in [0.25, 0.3) is 0 Å². The van der Waals surface area contributed by atoms with Crippen molar-refractivity contribution in [2.75, 3.05) is 11.1 Å². The summed E-state index contributed by atoms with van der Waals surface area (Å²) in [6.45, 7) is 0.488. The van der Waals surface area contributed by atoms with Gasteiger partial charge in [-0.3, -0.25) is 4.98 Å². The van der Waals surface area contributed by atoms with E-state index in [2.05, 4.69) is 20.3 Å². The number of hydrogen-bond acceptors (Lipinski definition) is 6. The first-order valence-electron chi connectivity index (χ1n) is 8.31. The van der Waals surface area contributed by atoms with Gasteiger partial charge < -0.3 is 11.1 Å². The van der Waals surface area contributed by atoms with E-state index in [0.29, 0.717) is 23.1 Å². The monoisotopic (exact) mass is 377 g/mol. The first-order chi connectivity index (χ1) is 13.2. The number of rotatable bonds is 5. The molecule has 27 heavy (non-hydrogen) atoms. The van der Waals surface area contributed by atoms with Crippen LogP contribution in [0.15, 0.2) is 77.0 Å². The van der Waals surface area contributed by atoms with Gasteiger partial charge in [0.05, 0.1) is 5.52 Å². The highest BCUT2D eigenvalue weighted by atomic mass is 32.2. The quantitative estimate of drug-likeness (QED) is 0.498. The summed E-state index contributed by atoms with van der Waals surface area (Å²) in [4.78, 5) is 14.0. The summed E-state index contributed by atoms with van der Waals surface area (Å²) in [7, 11) is 0. The summed E-state index contributed by atoms with van der Waals surface area (Å²) in [5.41, 5.74) is 8.58. The van der Waals surface area contributed by atoms with Crippen LogP contribution in [0, 0.1) is 5.82 Å². The van der Waals surface area contributed by atoms with Crippen LogP contribution in [0.2, 0.25) is 0 Å². The van der Waals surface area contributed by atoms with Crippen molar-refractivity contribution in [1.29, 1.82) is 0 Å². The summed E-state index contributed by atoms with van der Waals surface area (Å²) in [5.74, 6) is 0.285. The number of nitrogens with two attached hydrogens (primary N) is 1. The number of para-hydroxylation sites is 1. The number of nitrogens with zero attached hydrogens (tertiary/aromatic N) is 3. The van der Waals surface area contributed by atoms with E-state index in [0.717, 1.165) is 21.4 Å². The molecule has 7 heteroatoms. The van der Waals surface area contributed by atoms with Crippen LogP contribution in [0.5, 0.6) is 0 Å². The predicted molar refractivity (Wildman–Crippen MR) is 106 cm³/mol. The zero-order valence-electron chi connectivity index (χ0n) is 14.3. The number of hydrogen-bond donors (Lipinski definition) is 2. The normalized spacial score (nSPS) is 10.9. The van der Waals surface area contributed by atoms with E-state index in [1.165, 1.54) is 30.2 Å². The zero-order valence-corrected chi connectivity index (χ0v) is 15.1. The fourth-order valence-corrected chi connectivity index (χ4v) is 3.58. The number of nitrogens with one attached hydrogen (secondary N) is 1. The third kappa shape index (κ3) is 3.83. The molecule has 134 valence electrons. The lowest BCUT2D eigenvalue weighted by molar-refractivity contribution is 0.627. The molecule has 4 aromatic rings. The van der Waals surface area contributed by atoms with Crippen LogP contribution in [0.1, 0.15) is 5.56 Å². The van der Waals surface area contributed by atoms with Gasteiger partial charge in [-0.25, -0.2) is 14.4 Å². The molecule has 0 aliphatic carbocycles. The number of pyridine rings is 1. The Morgan fingerprint density at radius 1 is 0.963 bits per heavy atom. The van der Waals surface area contributed by atoms with Crippen molar-refractivity contribution in [2.45, 2.75) is 16.5 Å². The van der Waals surface area contributed by atoms with Gasteiger partial charge in [-0.05, 0) is 29.8 Å². The molecule has 0 aliphatic rings. The van der Waals surface area contributed by atoms with Gasteiger partial charge in [-0.2, -0.15) is 0 Å². The minimum Gasteiger partial charge on any atom is -0.394 e. The molecular formula is C20H16FN5S. The third-order valence-electron chi connectivity index (χ3n) is 4.02. The zero-order chi connectivity index (χ0) is 18.6. The Morgan fingerprint density at radius 2 is 1.78 bits per heavy atom. The molecule has 4 rings (SSSR count). The number of nitrogen functional groups attached to an aromatic ring is 1. The number of fused-ring (bicyclic) bond motifs is 1. The molecule has 0 unspecified atom stereocenters. The largest absolute Gasteiger partial charge is 0.394 e. The summed E-state index contributed by atoms with van der Waals surface area (Å²) in [6, 6.07) is 16.2. The highest BCUT2D eigenvalue weighted by Gasteiger charge is 2.12. The predicted octanol–water partition coefficient (Wildman–Crippen LogP) is 4.51. The van der Waals surface area contributed by atoms with Crippen LogP contribution < -0.4 is 11.1 Å². The smallest absolute Gasteiger partial charge is 0.154 e. The molecule has 2 aromatic heterocycles. The molecule has 0 bridgehead atoms. The topological polar surface area (TPSA) is 76.7 Å². The van der Waals surface area contributed by atoms with Gasteiger partial charge in [0, 0.05) is 23.0 Å². The summed E-state index contributed by atoms with van der Waals surface area (Å²) >= 11 is 1.45. The van der Waals surface area contributed by atoms with Crippen LogP contribution in [0.4, 0.5) is 15.9 Å². The minimum atomic E-state index is -0.261. The summed E-state index contributed by atoms with van der Waals surface area (Å²) in [6.07, 6.45) is 3.25. The molecule has 5 nitrogen and oxygen atoms in total.